The van der Waals surface area contributed by atoms with Crippen LogP contribution in [0.1, 0.15) is 51.3 Å². The smallest absolute Gasteiger partial charge is 0.322 e. The van der Waals surface area contributed by atoms with E-state index >= 15 is 0 Å². The minimum atomic E-state index is -0.186. The van der Waals surface area contributed by atoms with Gasteiger partial charge in [-0.3, -0.25) is 15.0 Å². The van der Waals surface area contributed by atoms with Crippen molar-refractivity contribution in [3.63, 3.8) is 0 Å². The molecule has 0 radical (unpaired) electrons. The molecule has 1 aliphatic heterocycles. The van der Waals surface area contributed by atoms with Crippen LogP contribution in [0.2, 0.25) is 0 Å². The lowest BCUT2D eigenvalue weighted by molar-refractivity contribution is -0.118. The van der Waals surface area contributed by atoms with Gasteiger partial charge in [0.15, 0.2) is 0 Å². The summed E-state index contributed by atoms with van der Waals surface area (Å²) in [5, 5.41) is 19.8. The van der Waals surface area contributed by atoms with Crippen molar-refractivity contribution in [2.75, 3.05) is 25.0 Å². The van der Waals surface area contributed by atoms with Gasteiger partial charge < -0.3 is 9.52 Å². The third kappa shape index (κ3) is 4.50. The van der Waals surface area contributed by atoms with Crippen molar-refractivity contribution in [2.45, 2.75) is 51.5 Å². The van der Waals surface area contributed by atoms with Crippen LogP contribution < -0.4 is 5.32 Å². The van der Waals surface area contributed by atoms with Crippen LogP contribution in [0, 0.1) is 0 Å². The Kier molecular flexibility index (Phi) is 5.69. The lowest BCUT2D eigenvalue weighted by atomic mass is 10.1. The van der Waals surface area contributed by atoms with Crippen LogP contribution in [0.3, 0.4) is 0 Å². The molecule has 1 amide bonds. The molecule has 1 aromatic heterocycles. The maximum Gasteiger partial charge on any atom is 0.322 e. The number of likely N-dealkylation sites (tertiary alicyclic amines) is 1. The first-order valence-corrected chi connectivity index (χ1v) is 7.58. The van der Waals surface area contributed by atoms with Gasteiger partial charge in [0.25, 0.3) is 0 Å². The van der Waals surface area contributed by atoms with Gasteiger partial charge >= 0.3 is 6.01 Å². The highest BCUT2D eigenvalue weighted by Crippen LogP contribution is 2.17. The van der Waals surface area contributed by atoms with E-state index in [0.717, 1.165) is 32.2 Å². The second-order valence-electron chi connectivity index (χ2n) is 5.80. The molecular formula is C14H24N4O3. The number of hydrogen-bond acceptors (Lipinski definition) is 6. The summed E-state index contributed by atoms with van der Waals surface area (Å²) in [6.07, 6.45) is 4.24. The van der Waals surface area contributed by atoms with Gasteiger partial charge in [-0.15, -0.1) is 5.10 Å². The van der Waals surface area contributed by atoms with Crippen molar-refractivity contribution in [1.82, 2.24) is 15.1 Å². The number of aromatic nitrogens is 2. The highest BCUT2D eigenvalue weighted by Gasteiger charge is 2.23. The third-order valence-corrected chi connectivity index (χ3v) is 3.74. The molecule has 1 fully saturated rings. The van der Waals surface area contributed by atoms with E-state index in [-0.39, 0.29) is 37.0 Å². The molecule has 1 aliphatic rings. The number of aliphatic hydroxyl groups is 1. The highest BCUT2D eigenvalue weighted by molar-refractivity contribution is 5.90. The summed E-state index contributed by atoms with van der Waals surface area (Å²) in [4.78, 5) is 14.1. The zero-order chi connectivity index (χ0) is 15.2. The maximum atomic E-state index is 12.1. The molecule has 0 spiro atoms. The Morgan fingerprint density at radius 2 is 2.24 bits per heavy atom. The topological polar surface area (TPSA) is 91.5 Å². The SMILES string of the molecule is CC(C)c1nnc(NC(=O)CN2CCCCCC2CO)o1. The van der Waals surface area contributed by atoms with Crippen molar-refractivity contribution in [2.24, 2.45) is 0 Å². The zero-order valence-corrected chi connectivity index (χ0v) is 12.7. The minimum Gasteiger partial charge on any atom is -0.408 e. The van der Waals surface area contributed by atoms with Gasteiger partial charge in [0.2, 0.25) is 11.8 Å². The predicted molar refractivity (Wildman–Crippen MR) is 77.9 cm³/mol. The molecule has 7 heteroatoms. The molecule has 0 aromatic carbocycles. The van der Waals surface area contributed by atoms with E-state index in [0.29, 0.717) is 5.89 Å². The first kappa shape index (κ1) is 15.9. The molecule has 2 N–H and O–H groups in total. The fourth-order valence-electron chi connectivity index (χ4n) is 2.51. The molecule has 2 rings (SSSR count). The van der Waals surface area contributed by atoms with E-state index in [1.54, 1.807) is 0 Å². The number of nitrogens with one attached hydrogen (secondary N) is 1. The normalized spacial score (nSPS) is 20.5. The lowest BCUT2D eigenvalue weighted by Gasteiger charge is -2.27. The van der Waals surface area contributed by atoms with Gasteiger partial charge in [-0.05, 0) is 19.4 Å². The fourth-order valence-corrected chi connectivity index (χ4v) is 2.51. The third-order valence-electron chi connectivity index (χ3n) is 3.74. The number of aliphatic hydroxyl groups excluding tert-OH is 1. The Morgan fingerprint density at radius 1 is 1.43 bits per heavy atom. The second kappa shape index (κ2) is 7.51. The first-order valence-electron chi connectivity index (χ1n) is 7.58. The number of carbonyl (C=O) groups excluding carboxylic acids is 1. The van der Waals surface area contributed by atoms with Gasteiger partial charge in [-0.1, -0.05) is 31.8 Å². The number of rotatable bonds is 5. The Bertz CT molecular complexity index is 461. The van der Waals surface area contributed by atoms with Crippen LogP contribution in [0.25, 0.3) is 0 Å². The standard InChI is InChI=1S/C14H24N4O3/c1-10(2)13-16-17-14(21-13)15-12(20)8-18-7-5-3-4-6-11(18)9-19/h10-11,19H,3-9H2,1-2H3,(H,15,17,20). The van der Waals surface area contributed by atoms with Crippen LogP contribution in [-0.4, -0.2) is 51.8 Å². The van der Waals surface area contributed by atoms with Crippen molar-refractivity contribution in [3.8, 4) is 0 Å². The van der Waals surface area contributed by atoms with Crippen LogP contribution in [0.4, 0.5) is 6.01 Å². The summed E-state index contributed by atoms with van der Waals surface area (Å²) in [6.45, 7) is 5.06. The van der Waals surface area contributed by atoms with Crippen LogP contribution in [0.5, 0.6) is 0 Å². The van der Waals surface area contributed by atoms with E-state index in [4.69, 9.17) is 4.42 Å². The minimum absolute atomic E-state index is 0.0622. The monoisotopic (exact) mass is 296 g/mol. The van der Waals surface area contributed by atoms with Gasteiger partial charge in [-0.25, -0.2) is 0 Å². The number of nitrogens with zero attached hydrogens (tertiary/aromatic N) is 3. The Morgan fingerprint density at radius 3 is 2.90 bits per heavy atom. The highest BCUT2D eigenvalue weighted by atomic mass is 16.4. The summed E-state index contributed by atoms with van der Waals surface area (Å²) in [7, 11) is 0. The number of amides is 1. The van der Waals surface area contributed by atoms with Gasteiger partial charge in [-0.2, -0.15) is 0 Å². The van der Waals surface area contributed by atoms with E-state index in [1.165, 1.54) is 0 Å². The maximum absolute atomic E-state index is 12.1. The predicted octanol–water partition coefficient (Wildman–Crippen LogP) is 1.37. The summed E-state index contributed by atoms with van der Waals surface area (Å²) < 4.78 is 5.36. The summed E-state index contributed by atoms with van der Waals surface area (Å²) in [5.74, 6) is 0.454. The van der Waals surface area contributed by atoms with Crippen molar-refractivity contribution < 1.29 is 14.3 Å². The van der Waals surface area contributed by atoms with Crippen molar-refractivity contribution in [1.29, 1.82) is 0 Å². The molecular weight excluding hydrogens is 272 g/mol. The molecule has 1 aromatic rings. The van der Waals surface area contributed by atoms with E-state index in [9.17, 15) is 9.90 Å². The largest absolute Gasteiger partial charge is 0.408 e. The molecule has 0 saturated carbocycles. The Hall–Kier alpha value is -1.47. The molecule has 21 heavy (non-hydrogen) atoms. The molecule has 0 aliphatic carbocycles. The molecule has 1 unspecified atom stereocenters. The van der Waals surface area contributed by atoms with E-state index in [1.807, 2.05) is 18.7 Å². The van der Waals surface area contributed by atoms with Gasteiger partial charge in [0.1, 0.15) is 0 Å². The quantitative estimate of drug-likeness (QED) is 0.852. The fraction of sp³-hybridized carbons (Fsp3) is 0.786. The summed E-state index contributed by atoms with van der Waals surface area (Å²) in [6, 6.07) is 0.200. The number of carbonyl (C=O) groups is 1. The van der Waals surface area contributed by atoms with Crippen LogP contribution >= 0.6 is 0 Å². The number of hydrogen-bond donors (Lipinski definition) is 2. The van der Waals surface area contributed by atoms with Gasteiger partial charge in [0, 0.05) is 12.0 Å². The average molecular weight is 296 g/mol. The van der Waals surface area contributed by atoms with E-state index in [2.05, 4.69) is 15.5 Å². The zero-order valence-electron chi connectivity index (χ0n) is 12.7. The van der Waals surface area contributed by atoms with Crippen molar-refractivity contribution in [3.05, 3.63) is 5.89 Å². The molecule has 1 saturated heterocycles. The Balaban J connectivity index is 1.90. The summed E-state index contributed by atoms with van der Waals surface area (Å²) >= 11 is 0. The molecule has 0 bridgehead atoms. The lowest BCUT2D eigenvalue weighted by Crippen LogP contribution is -2.42. The van der Waals surface area contributed by atoms with Crippen LogP contribution in [-0.2, 0) is 4.79 Å². The molecule has 2 heterocycles. The molecule has 7 nitrogen and oxygen atoms in total. The summed E-state index contributed by atoms with van der Waals surface area (Å²) in [5.41, 5.74) is 0. The second-order valence-corrected chi connectivity index (χ2v) is 5.80. The van der Waals surface area contributed by atoms with Crippen LogP contribution in [0.15, 0.2) is 4.42 Å². The Labute approximate surface area is 124 Å². The van der Waals surface area contributed by atoms with Crippen molar-refractivity contribution >= 4 is 11.9 Å². The first-order chi connectivity index (χ1) is 10.1. The molecule has 1 atom stereocenters. The van der Waals surface area contributed by atoms with Gasteiger partial charge in [0.05, 0.1) is 13.2 Å². The van der Waals surface area contributed by atoms with E-state index < -0.39 is 0 Å². The number of anilines is 1. The molecule has 118 valence electrons. The average Bonchev–Trinajstić information content (AvgIpc) is 2.79.